The zero-order chi connectivity index (χ0) is 18.8. The van der Waals surface area contributed by atoms with E-state index in [0.717, 1.165) is 43.4 Å². The van der Waals surface area contributed by atoms with Gasteiger partial charge >= 0.3 is 12.1 Å². The van der Waals surface area contributed by atoms with Gasteiger partial charge in [-0.25, -0.2) is 0 Å². The maximum atomic E-state index is 13.2. The summed E-state index contributed by atoms with van der Waals surface area (Å²) in [6.07, 6.45) is 8.61. The lowest BCUT2D eigenvalue weighted by Gasteiger charge is -2.44. The average molecular weight is 359 g/mol. The average Bonchev–Trinajstić information content (AvgIpc) is 2.56. The smallest absolute Gasteiger partial charge is 0.329 e. The van der Waals surface area contributed by atoms with Crippen LogP contribution >= 0.6 is 0 Å². The molecular weight excluding hydrogens is 327 g/mol. The monoisotopic (exact) mass is 359 g/mol. The molecule has 1 fully saturated rings. The van der Waals surface area contributed by atoms with E-state index in [2.05, 4.69) is 13.2 Å². The first-order chi connectivity index (χ1) is 11.9. The van der Waals surface area contributed by atoms with E-state index < -0.39 is 17.6 Å². The minimum absolute atomic E-state index is 0.153. The van der Waals surface area contributed by atoms with Crippen LogP contribution in [0.5, 0.6) is 0 Å². The summed E-state index contributed by atoms with van der Waals surface area (Å²) in [5, 5.41) is 0. The Morgan fingerprint density at radius 1 is 0.880 bits per heavy atom. The van der Waals surface area contributed by atoms with Gasteiger partial charge in [-0.15, -0.1) is 13.2 Å². The second kappa shape index (κ2) is 10.7. The number of halogens is 3. The van der Waals surface area contributed by atoms with Crippen molar-refractivity contribution in [2.45, 2.75) is 88.8 Å². The Kier molecular flexibility index (Phi) is 9.30. The predicted molar refractivity (Wildman–Crippen MR) is 96.3 cm³/mol. The van der Waals surface area contributed by atoms with E-state index in [1.165, 1.54) is 12.8 Å². The summed E-state index contributed by atoms with van der Waals surface area (Å²) in [6, 6.07) is 0. The van der Waals surface area contributed by atoms with Crippen molar-refractivity contribution in [2.75, 3.05) is 6.54 Å². The summed E-state index contributed by atoms with van der Waals surface area (Å²) < 4.78 is 39.7. The summed E-state index contributed by atoms with van der Waals surface area (Å²) in [5.41, 5.74) is -0.857. The summed E-state index contributed by atoms with van der Waals surface area (Å²) in [5.74, 6) is -1.72. The van der Waals surface area contributed by atoms with Crippen LogP contribution in [-0.2, 0) is 4.79 Å². The summed E-state index contributed by atoms with van der Waals surface area (Å²) in [6.45, 7) is 7.61. The van der Waals surface area contributed by atoms with Crippen molar-refractivity contribution in [3.8, 4) is 0 Å². The highest BCUT2D eigenvalue weighted by Crippen LogP contribution is 2.35. The van der Waals surface area contributed by atoms with Crippen LogP contribution < -0.4 is 0 Å². The number of alkyl halides is 3. The molecule has 0 aromatic rings. The first-order valence-corrected chi connectivity index (χ1v) is 9.48. The molecule has 0 bridgehead atoms. The zero-order valence-corrected chi connectivity index (χ0v) is 15.3. The Balaban J connectivity index is 3.14. The van der Waals surface area contributed by atoms with Gasteiger partial charge in [0.2, 0.25) is 0 Å². The number of amides is 1. The van der Waals surface area contributed by atoms with Crippen molar-refractivity contribution in [3.05, 3.63) is 25.3 Å². The standard InChI is InChI=1S/C20H32F3NO/c1-3-14-19(15-4-2)16-12-10-8-6-5-7-9-11-13-17-24(19)18(25)20(21,22)23/h3-4H,1-2,5-17H2. The lowest BCUT2D eigenvalue weighted by Crippen LogP contribution is -2.56. The van der Waals surface area contributed by atoms with Gasteiger partial charge in [0.25, 0.3) is 0 Å². The highest BCUT2D eigenvalue weighted by Gasteiger charge is 2.48. The van der Waals surface area contributed by atoms with Gasteiger partial charge in [-0.2, -0.15) is 13.2 Å². The van der Waals surface area contributed by atoms with Crippen molar-refractivity contribution in [1.82, 2.24) is 4.90 Å². The lowest BCUT2D eigenvalue weighted by atomic mass is 9.83. The van der Waals surface area contributed by atoms with Gasteiger partial charge in [-0.3, -0.25) is 4.79 Å². The molecule has 1 aliphatic heterocycles. The van der Waals surface area contributed by atoms with Crippen molar-refractivity contribution in [2.24, 2.45) is 0 Å². The fraction of sp³-hybridized carbons (Fsp3) is 0.750. The molecule has 0 spiro atoms. The molecule has 0 unspecified atom stereocenters. The summed E-state index contributed by atoms with van der Waals surface area (Å²) >= 11 is 0. The predicted octanol–water partition coefficient (Wildman–Crippen LogP) is 6.18. The van der Waals surface area contributed by atoms with E-state index in [0.29, 0.717) is 25.7 Å². The van der Waals surface area contributed by atoms with Crippen LogP contribution in [0.25, 0.3) is 0 Å². The van der Waals surface area contributed by atoms with Crippen LogP contribution in [0.1, 0.15) is 77.0 Å². The van der Waals surface area contributed by atoms with Crippen molar-refractivity contribution >= 4 is 5.91 Å². The summed E-state index contributed by atoms with van der Waals surface area (Å²) in [4.78, 5) is 13.3. The minimum atomic E-state index is -4.85. The minimum Gasteiger partial charge on any atom is -0.329 e. The fourth-order valence-electron chi connectivity index (χ4n) is 3.85. The van der Waals surface area contributed by atoms with Crippen LogP contribution in [0.4, 0.5) is 13.2 Å². The SMILES string of the molecule is C=CCC1(CC=C)CCCCCCCCCCCN1C(=O)C(F)(F)F. The van der Waals surface area contributed by atoms with Crippen molar-refractivity contribution in [1.29, 1.82) is 0 Å². The molecule has 1 saturated heterocycles. The molecule has 0 N–H and O–H groups in total. The molecule has 0 atom stereocenters. The van der Waals surface area contributed by atoms with Gasteiger partial charge in [0.1, 0.15) is 0 Å². The van der Waals surface area contributed by atoms with Crippen LogP contribution in [-0.4, -0.2) is 29.1 Å². The number of hydrogen-bond acceptors (Lipinski definition) is 1. The quantitative estimate of drug-likeness (QED) is 0.549. The van der Waals surface area contributed by atoms with Crippen LogP contribution in [0.3, 0.4) is 0 Å². The third kappa shape index (κ3) is 6.87. The van der Waals surface area contributed by atoms with Crippen LogP contribution in [0.2, 0.25) is 0 Å². The molecule has 2 nitrogen and oxygen atoms in total. The van der Waals surface area contributed by atoms with E-state index in [9.17, 15) is 18.0 Å². The van der Waals surface area contributed by atoms with Gasteiger partial charge in [0.05, 0.1) is 5.54 Å². The number of carbonyl (C=O) groups is 1. The Labute approximate surface area is 150 Å². The van der Waals surface area contributed by atoms with Crippen molar-refractivity contribution < 1.29 is 18.0 Å². The van der Waals surface area contributed by atoms with Crippen molar-refractivity contribution in [3.63, 3.8) is 0 Å². The van der Waals surface area contributed by atoms with Crippen LogP contribution in [0.15, 0.2) is 25.3 Å². The van der Waals surface area contributed by atoms with E-state index in [-0.39, 0.29) is 6.54 Å². The molecule has 144 valence electrons. The van der Waals surface area contributed by atoms with Crippen LogP contribution in [0, 0.1) is 0 Å². The first-order valence-electron chi connectivity index (χ1n) is 9.48. The highest BCUT2D eigenvalue weighted by atomic mass is 19.4. The molecule has 25 heavy (non-hydrogen) atoms. The second-order valence-electron chi connectivity index (χ2n) is 7.10. The molecule has 1 rings (SSSR count). The normalized spacial score (nSPS) is 20.7. The maximum absolute atomic E-state index is 13.2. The Bertz CT molecular complexity index is 421. The molecule has 0 radical (unpaired) electrons. The van der Waals surface area contributed by atoms with Gasteiger partial charge in [-0.05, 0) is 25.7 Å². The third-order valence-electron chi connectivity index (χ3n) is 5.13. The molecule has 0 aliphatic carbocycles. The highest BCUT2D eigenvalue weighted by molar-refractivity contribution is 5.82. The zero-order valence-electron chi connectivity index (χ0n) is 15.3. The molecule has 1 amide bonds. The Morgan fingerprint density at radius 3 is 1.76 bits per heavy atom. The van der Waals surface area contributed by atoms with E-state index in [4.69, 9.17) is 0 Å². The largest absolute Gasteiger partial charge is 0.471 e. The van der Waals surface area contributed by atoms with Gasteiger partial charge in [-0.1, -0.05) is 63.5 Å². The molecule has 1 aliphatic rings. The maximum Gasteiger partial charge on any atom is 0.471 e. The molecule has 0 aromatic heterocycles. The molecule has 0 aromatic carbocycles. The Morgan fingerprint density at radius 2 is 1.32 bits per heavy atom. The number of nitrogens with zero attached hydrogens (tertiary/aromatic N) is 1. The topological polar surface area (TPSA) is 20.3 Å². The lowest BCUT2D eigenvalue weighted by molar-refractivity contribution is -0.192. The van der Waals surface area contributed by atoms with E-state index in [1.807, 2.05) is 0 Å². The third-order valence-corrected chi connectivity index (χ3v) is 5.13. The van der Waals surface area contributed by atoms with Gasteiger partial charge in [0.15, 0.2) is 0 Å². The summed E-state index contributed by atoms with van der Waals surface area (Å²) in [7, 11) is 0. The molecular formula is C20H32F3NO. The molecule has 5 heteroatoms. The number of hydrogen-bond donors (Lipinski definition) is 0. The van der Waals surface area contributed by atoms with Gasteiger partial charge < -0.3 is 4.90 Å². The van der Waals surface area contributed by atoms with E-state index in [1.54, 1.807) is 12.2 Å². The number of carbonyl (C=O) groups excluding carboxylic acids is 1. The van der Waals surface area contributed by atoms with E-state index >= 15 is 0 Å². The van der Waals surface area contributed by atoms with Gasteiger partial charge in [0, 0.05) is 6.54 Å². The second-order valence-corrected chi connectivity index (χ2v) is 7.10. The fourth-order valence-corrected chi connectivity index (χ4v) is 3.85. The molecule has 0 saturated carbocycles. The Hall–Kier alpha value is -1.26. The number of rotatable bonds is 4. The first kappa shape index (κ1) is 21.8. The molecule has 1 heterocycles.